The summed E-state index contributed by atoms with van der Waals surface area (Å²) in [5.41, 5.74) is 0.368. The number of hydrogen-bond acceptors (Lipinski definition) is 2. The van der Waals surface area contributed by atoms with Crippen LogP contribution in [0.25, 0.3) is 0 Å². The Morgan fingerprint density at radius 3 is 2.53 bits per heavy atom. The van der Waals surface area contributed by atoms with Gasteiger partial charge in [0, 0.05) is 19.8 Å². The number of carbonyl (C=O) groups is 2. The van der Waals surface area contributed by atoms with Crippen molar-refractivity contribution in [2.24, 2.45) is 0 Å². The van der Waals surface area contributed by atoms with Gasteiger partial charge in [-0.05, 0) is 18.2 Å². The molecule has 5 nitrogen and oxygen atoms in total. The number of amides is 2. The number of hydrogen-bond donors (Lipinski definition) is 1. The quantitative estimate of drug-likeness (QED) is 0.868. The van der Waals surface area contributed by atoms with Gasteiger partial charge in [0.05, 0.1) is 0 Å². The molecule has 1 aromatic rings. The number of carboxylic acids is 1. The molecule has 92 valence electrons. The number of anilines is 1. The first-order chi connectivity index (χ1) is 7.91. The highest BCUT2D eigenvalue weighted by atomic mass is 19.1. The normalized spacial score (nSPS) is 9.82. The zero-order valence-electron chi connectivity index (χ0n) is 9.55. The minimum Gasteiger partial charge on any atom is -0.480 e. The standard InChI is InChI=1S/C11H13FN2O3/c1-13(7-10(15)16)11(17)14(2)9-5-3-4-8(12)6-9/h3-6H,7H2,1-2H3,(H,15,16). The predicted molar refractivity (Wildman–Crippen MR) is 60.5 cm³/mol. The van der Waals surface area contributed by atoms with Gasteiger partial charge < -0.3 is 10.0 Å². The van der Waals surface area contributed by atoms with Gasteiger partial charge in [-0.3, -0.25) is 9.69 Å². The summed E-state index contributed by atoms with van der Waals surface area (Å²) in [6.45, 7) is -0.404. The zero-order valence-corrected chi connectivity index (χ0v) is 9.55. The van der Waals surface area contributed by atoms with E-state index in [0.29, 0.717) is 5.69 Å². The molecule has 0 radical (unpaired) electrons. The number of aliphatic carboxylic acids is 1. The first-order valence-corrected chi connectivity index (χ1v) is 4.88. The lowest BCUT2D eigenvalue weighted by Crippen LogP contribution is -2.41. The van der Waals surface area contributed by atoms with Crippen LogP contribution in [0.2, 0.25) is 0 Å². The number of carbonyl (C=O) groups excluding carboxylic acids is 1. The van der Waals surface area contributed by atoms with Crippen LogP contribution in [-0.4, -0.2) is 42.6 Å². The second-order valence-electron chi connectivity index (χ2n) is 3.57. The molecule has 0 saturated heterocycles. The van der Waals surface area contributed by atoms with Gasteiger partial charge in [0.15, 0.2) is 0 Å². The van der Waals surface area contributed by atoms with E-state index in [0.717, 1.165) is 4.90 Å². The molecular weight excluding hydrogens is 227 g/mol. The highest BCUT2D eigenvalue weighted by molar-refractivity contribution is 5.92. The molecule has 0 aliphatic rings. The molecule has 0 bridgehead atoms. The molecule has 1 rings (SSSR count). The molecular formula is C11H13FN2O3. The Morgan fingerprint density at radius 1 is 1.35 bits per heavy atom. The molecule has 6 heteroatoms. The van der Waals surface area contributed by atoms with E-state index in [2.05, 4.69) is 0 Å². The number of benzene rings is 1. The van der Waals surface area contributed by atoms with Gasteiger partial charge in [-0.25, -0.2) is 9.18 Å². The fourth-order valence-corrected chi connectivity index (χ4v) is 1.32. The average molecular weight is 240 g/mol. The van der Waals surface area contributed by atoms with Crippen molar-refractivity contribution in [1.29, 1.82) is 0 Å². The molecule has 1 N–H and O–H groups in total. The number of carboxylic acid groups (broad SMARTS) is 1. The van der Waals surface area contributed by atoms with Crippen LogP contribution in [0, 0.1) is 5.82 Å². The summed E-state index contributed by atoms with van der Waals surface area (Å²) in [6.07, 6.45) is 0. The highest BCUT2D eigenvalue weighted by Gasteiger charge is 2.17. The van der Waals surface area contributed by atoms with Gasteiger partial charge in [0.25, 0.3) is 0 Å². The van der Waals surface area contributed by atoms with Gasteiger partial charge in [-0.2, -0.15) is 0 Å². The van der Waals surface area contributed by atoms with Crippen molar-refractivity contribution in [3.05, 3.63) is 30.1 Å². The summed E-state index contributed by atoms with van der Waals surface area (Å²) in [6, 6.07) is 4.99. The summed E-state index contributed by atoms with van der Waals surface area (Å²) in [4.78, 5) is 24.4. The van der Waals surface area contributed by atoms with Crippen LogP contribution >= 0.6 is 0 Å². The van der Waals surface area contributed by atoms with Gasteiger partial charge in [-0.15, -0.1) is 0 Å². The Labute approximate surface area is 98.1 Å². The lowest BCUT2D eigenvalue weighted by molar-refractivity contribution is -0.137. The van der Waals surface area contributed by atoms with Crippen molar-refractivity contribution in [3.8, 4) is 0 Å². The Bertz CT molecular complexity index is 436. The van der Waals surface area contributed by atoms with E-state index in [4.69, 9.17) is 5.11 Å². The maximum absolute atomic E-state index is 13.0. The van der Waals surface area contributed by atoms with Crippen molar-refractivity contribution < 1.29 is 19.1 Å². The van der Waals surface area contributed by atoms with Gasteiger partial charge in [0.1, 0.15) is 12.4 Å². The van der Waals surface area contributed by atoms with Gasteiger partial charge in [-0.1, -0.05) is 6.07 Å². The Morgan fingerprint density at radius 2 is 2.00 bits per heavy atom. The van der Waals surface area contributed by atoms with Gasteiger partial charge in [0.2, 0.25) is 0 Å². The van der Waals surface area contributed by atoms with E-state index in [1.165, 1.54) is 37.2 Å². The number of rotatable bonds is 3. The number of likely N-dealkylation sites (N-methyl/N-ethyl adjacent to an activating group) is 1. The molecule has 1 aromatic carbocycles. The Hall–Kier alpha value is -2.11. The van der Waals surface area contributed by atoms with E-state index in [1.807, 2.05) is 0 Å². The number of urea groups is 1. The lowest BCUT2D eigenvalue weighted by Gasteiger charge is -2.23. The number of nitrogens with zero attached hydrogens (tertiary/aromatic N) is 2. The maximum atomic E-state index is 13.0. The molecule has 0 fully saturated rings. The van der Waals surface area contributed by atoms with Crippen LogP contribution < -0.4 is 4.90 Å². The third-order valence-electron chi connectivity index (χ3n) is 2.18. The van der Waals surface area contributed by atoms with E-state index in [9.17, 15) is 14.0 Å². The minimum atomic E-state index is -1.10. The summed E-state index contributed by atoms with van der Waals surface area (Å²) in [5.74, 6) is -1.56. The maximum Gasteiger partial charge on any atom is 0.324 e. The number of halogens is 1. The van der Waals surface area contributed by atoms with Crippen molar-refractivity contribution in [3.63, 3.8) is 0 Å². The molecule has 0 atom stereocenters. The van der Waals surface area contributed by atoms with E-state index < -0.39 is 24.4 Å². The van der Waals surface area contributed by atoms with Crippen LogP contribution in [0.3, 0.4) is 0 Å². The molecule has 0 aliphatic carbocycles. The van der Waals surface area contributed by atoms with Crippen LogP contribution in [0.5, 0.6) is 0 Å². The smallest absolute Gasteiger partial charge is 0.324 e. The van der Waals surface area contributed by atoms with E-state index in [-0.39, 0.29) is 0 Å². The highest BCUT2D eigenvalue weighted by Crippen LogP contribution is 2.15. The predicted octanol–water partition coefficient (Wildman–Crippen LogP) is 1.40. The molecule has 2 amide bonds. The first-order valence-electron chi connectivity index (χ1n) is 4.88. The van der Waals surface area contributed by atoms with Crippen LogP contribution in [-0.2, 0) is 4.79 Å². The minimum absolute atomic E-state index is 0.368. The van der Waals surface area contributed by atoms with Crippen LogP contribution in [0.15, 0.2) is 24.3 Å². The Kier molecular flexibility index (Phi) is 4.03. The summed E-state index contributed by atoms with van der Waals surface area (Å²) in [7, 11) is 2.82. The van der Waals surface area contributed by atoms with Crippen LogP contribution in [0.1, 0.15) is 0 Å². The van der Waals surface area contributed by atoms with Crippen molar-refractivity contribution >= 4 is 17.7 Å². The second-order valence-corrected chi connectivity index (χ2v) is 3.57. The topological polar surface area (TPSA) is 60.9 Å². The average Bonchev–Trinajstić information content (AvgIpc) is 2.26. The second kappa shape index (κ2) is 5.29. The van der Waals surface area contributed by atoms with Gasteiger partial charge >= 0.3 is 12.0 Å². The first kappa shape index (κ1) is 13.0. The molecule has 0 heterocycles. The molecule has 0 unspecified atom stereocenters. The lowest BCUT2D eigenvalue weighted by atomic mass is 10.3. The SMILES string of the molecule is CN(CC(=O)O)C(=O)N(C)c1cccc(F)c1. The van der Waals surface area contributed by atoms with Crippen molar-refractivity contribution in [1.82, 2.24) is 4.90 Å². The monoisotopic (exact) mass is 240 g/mol. The fourth-order valence-electron chi connectivity index (χ4n) is 1.32. The molecule has 0 spiro atoms. The van der Waals surface area contributed by atoms with Crippen LogP contribution in [0.4, 0.5) is 14.9 Å². The molecule has 0 saturated carbocycles. The fraction of sp³-hybridized carbons (Fsp3) is 0.273. The molecule has 0 aromatic heterocycles. The van der Waals surface area contributed by atoms with E-state index in [1.54, 1.807) is 6.07 Å². The van der Waals surface area contributed by atoms with Crippen molar-refractivity contribution in [2.45, 2.75) is 0 Å². The molecule has 0 aliphatic heterocycles. The van der Waals surface area contributed by atoms with E-state index >= 15 is 0 Å². The largest absolute Gasteiger partial charge is 0.480 e. The zero-order chi connectivity index (χ0) is 13.0. The summed E-state index contributed by atoms with van der Waals surface area (Å²) >= 11 is 0. The summed E-state index contributed by atoms with van der Waals surface area (Å²) < 4.78 is 13.0. The third kappa shape index (κ3) is 3.44. The summed E-state index contributed by atoms with van der Waals surface area (Å²) in [5, 5.41) is 8.56. The van der Waals surface area contributed by atoms with Crippen molar-refractivity contribution in [2.75, 3.05) is 25.5 Å². The molecule has 17 heavy (non-hydrogen) atoms. The third-order valence-corrected chi connectivity index (χ3v) is 2.18. The Balaban J connectivity index is 2.79.